The van der Waals surface area contributed by atoms with E-state index in [1.807, 2.05) is 0 Å². The van der Waals surface area contributed by atoms with E-state index in [0.29, 0.717) is 0 Å². The Balaban J connectivity index is 4.35. The van der Waals surface area contributed by atoms with Crippen molar-refractivity contribution >= 4 is 11.9 Å². The largest absolute Gasteiger partial charge is 0.481 e. The van der Waals surface area contributed by atoms with Gasteiger partial charge in [0.2, 0.25) is 5.91 Å². The molecule has 1 amide bonds. The van der Waals surface area contributed by atoms with Crippen molar-refractivity contribution in [2.75, 3.05) is 13.2 Å². The van der Waals surface area contributed by atoms with Gasteiger partial charge in [0.15, 0.2) is 0 Å². The molecule has 0 rings (SSSR count). The Bertz CT molecular complexity index is 270. The van der Waals surface area contributed by atoms with Crippen LogP contribution in [0.25, 0.3) is 0 Å². The van der Waals surface area contributed by atoms with E-state index in [9.17, 15) is 9.59 Å². The van der Waals surface area contributed by atoms with E-state index in [4.69, 9.17) is 10.2 Å². The molecule has 16 heavy (non-hydrogen) atoms. The van der Waals surface area contributed by atoms with Gasteiger partial charge in [-0.25, -0.2) is 0 Å². The van der Waals surface area contributed by atoms with E-state index < -0.39 is 16.8 Å². The summed E-state index contributed by atoms with van der Waals surface area (Å²) in [7, 11) is 0. The van der Waals surface area contributed by atoms with Crippen LogP contribution in [0.5, 0.6) is 0 Å². The van der Waals surface area contributed by atoms with Gasteiger partial charge >= 0.3 is 5.97 Å². The zero-order chi connectivity index (χ0) is 13.0. The van der Waals surface area contributed by atoms with E-state index in [2.05, 4.69) is 5.32 Å². The first kappa shape index (κ1) is 14.9. The standard InChI is InChI=1S/C11H21NO4/c1-10(2,3)9(16)12-6-11(4,7-13)5-8(14)15/h13H,5-7H2,1-4H3,(H,12,16)(H,14,15). The van der Waals surface area contributed by atoms with Crippen LogP contribution in [0.3, 0.4) is 0 Å². The van der Waals surface area contributed by atoms with Crippen molar-refractivity contribution in [2.45, 2.75) is 34.1 Å². The lowest BCUT2D eigenvalue weighted by atomic mass is 9.87. The Labute approximate surface area is 95.9 Å². The maximum absolute atomic E-state index is 11.6. The number of carbonyl (C=O) groups excluding carboxylic acids is 1. The first-order chi connectivity index (χ1) is 7.10. The Kier molecular flexibility index (Phi) is 4.93. The van der Waals surface area contributed by atoms with Gasteiger partial charge in [-0.15, -0.1) is 0 Å². The number of rotatable bonds is 5. The molecule has 0 bridgehead atoms. The summed E-state index contributed by atoms with van der Waals surface area (Å²) in [5.41, 5.74) is -1.33. The zero-order valence-corrected chi connectivity index (χ0v) is 10.3. The summed E-state index contributed by atoms with van der Waals surface area (Å²) < 4.78 is 0. The molecule has 0 aromatic carbocycles. The fourth-order valence-electron chi connectivity index (χ4n) is 1.10. The van der Waals surface area contributed by atoms with Gasteiger partial charge in [-0.1, -0.05) is 27.7 Å². The summed E-state index contributed by atoms with van der Waals surface area (Å²) in [5.74, 6) is -1.14. The molecule has 0 aliphatic rings. The average Bonchev–Trinajstić information content (AvgIpc) is 2.11. The van der Waals surface area contributed by atoms with Crippen LogP contribution in [0.1, 0.15) is 34.1 Å². The molecule has 0 radical (unpaired) electrons. The van der Waals surface area contributed by atoms with Crippen LogP contribution in [-0.4, -0.2) is 35.2 Å². The maximum atomic E-state index is 11.6. The second-order valence-corrected chi connectivity index (χ2v) is 5.47. The number of hydrogen-bond acceptors (Lipinski definition) is 3. The molecule has 0 aromatic rings. The van der Waals surface area contributed by atoms with Gasteiger partial charge in [0, 0.05) is 17.4 Å². The molecule has 0 fully saturated rings. The molecular weight excluding hydrogens is 210 g/mol. The summed E-state index contributed by atoms with van der Waals surface area (Å²) in [6.45, 7) is 6.83. The Morgan fingerprint density at radius 1 is 1.19 bits per heavy atom. The number of aliphatic hydroxyl groups is 1. The number of hydrogen-bond donors (Lipinski definition) is 3. The van der Waals surface area contributed by atoms with E-state index in [0.717, 1.165) is 0 Å². The first-order valence-electron chi connectivity index (χ1n) is 5.22. The molecule has 0 aromatic heterocycles. The van der Waals surface area contributed by atoms with Crippen LogP contribution >= 0.6 is 0 Å². The molecule has 0 saturated heterocycles. The maximum Gasteiger partial charge on any atom is 0.304 e. The van der Waals surface area contributed by atoms with Crippen LogP contribution in [0.15, 0.2) is 0 Å². The summed E-state index contributed by atoms with van der Waals surface area (Å²) in [5, 5.41) is 20.5. The zero-order valence-electron chi connectivity index (χ0n) is 10.3. The predicted octanol–water partition coefficient (Wildman–Crippen LogP) is 0.622. The number of aliphatic carboxylic acids is 1. The van der Waals surface area contributed by atoms with Crippen molar-refractivity contribution in [3.05, 3.63) is 0 Å². The van der Waals surface area contributed by atoms with Gasteiger partial charge in [-0.05, 0) is 0 Å². The third-order valence-electron chi connectivity index (χ3n) is 2.32. The third-order valence-corrected chi connectivity index (χ3v) is 2.32. The molecule has 0 aliphatic heterocycles. The molecule has 5 heteroatoms. The molecule has 0 aliphatic carbocycles. The summed E-state index contributed by atoms with van der Waals surface area (Å²) >= 11 is 0. The van der Waals surface area contributed by atoms with Crippen LogP contribution in [-0.2, 0) is 9.59 Å². The van der Waals surface area contributed by atoms with Crippen LogP contribution < -0.4 is 5.32 Å². The SMILES string of the molecule is CC(CO)(CNC(=O)C(C)(C)C)CC(=O)O. The molecule has 0 spiro atoms. The minimum absolute atomic E-state index is 0.155. The highest BCUT2D eigenvalue weighted by Crippen LogP contribution is 2.20. The van der Waals surface area contributed by atoms with Crippen molar-refractivity contribution < 1.29 is 19.8 Å². The van der Waals surface area contributed by atoms with Gasteiger partial charge in [-0.3, -0.25) is 9.59 Å². The van der Waals surface area contributed by atoms with Crippen molar-refractivity contribution in [3.8, 4) is 0 Å². The molecule has 5 nitrogen and oxygen atoms in total. The van der Waals surface area contributed by atoms with E-state index >= 15 is 0 Å². The number of carbonyl (C=O) groups is 2. The van der Waals surface area contributed by atoms with Gasteiger partial charge in [-0.2, -0.15) is 0 Å². The van der Waals surface area contributed by atoms with Crippen molar-refractivity contribution in [3.63, 3.8) is 0 Å². The number of amides is 1. The lowest BCUT2D eigenvalue weighted by Crippen LogP contribution is -2.43. The highest BCUT2D eigenvalue weighted by Gasteiger charge is 2.29. The Hall–Kier alpha value is -1.10. The summed E-state index contributed by atoms with van der Waals surface area (Å²) in [6.07, 6.45) is -0.173. The normalized spacial score (nSPS) is 15.3. The van der Waals surface area contributed by atoms with Crippen LogP contribution in [0.4, 0.5) is 0 Å². The van der Waals surface area contributed by atoms with Crippen LogP contribution in [0.2, 0.25) is 0 Å². The van der Waals surface area contributed by atoms with Crippen LogP contribution in [0, 0.1) is 10.8 Å². The van der Waals surface area contributed by atoms with Crippen molar-refractivity contribution in [1.82, 2.24) is 5.32 Å². The van der Waals surface area contributed by atoms with E-state index in [-0.39, 0.29) is 25.5 Å². The van der Waals surface area contributed by atoms with Gasteiger partial charge in [0.1, 0.15) is 0 Å². The molecule has 0 saturated carbocycles. The van der Waals surface area contributed by atoms with Gasteiger partial charge in [0.25, 0.3) is 0 Å². The minimum Gasteiger partial charge on any atom is -0.481 e. The highest BCUT2D eigenvalue weighted by atomic mass is 16.4. The third kappa shape index (κ3) is 5.11. The molecule has 94 valence electrons. The van der Waals surface area contributed by atoms with Crippen molar-refractivity contribution in [1.29, 1.82) is 0 Å². The van der Waals surface area contributed by atoms with Gasteiger partial charge in [0.05, 0.1) is 13.0 Å². The number of nitrogens with one attached hydrogen (secondary N) is 1. The Morgan fingerprint density at radius 2 is 1.69 bits per heavy atom. The molecular formula is C11H21NO4. The molecule has 0 heterocycles. The van der Waals surface area contributed by atoms with Crippen molar-refractivity contribution in [2.24, 2.45) is 10.8 Å². The Morgan fingerprint density at radius 3 is 2.00 bits per heavy atom. The smallest absolute Gasteiger partial charge is 0.304 e. The minimum atomic E-state index is -0.985. The van der Waals surface area contributed by atoms with E-state index in [1.54, 1.807) is 27.7 Å². The molecule has 1 atom stereocenters. The first-order valence-corrected chi connectivity index (χ1v) is 5.22. The fraction of sp³-hybridized carbons (Fsp3) is 0.818. The monoisotopic (exact) mass is 231 g/mol. The number of carboxylic acid groups (broad SMARTS) is 1. The lowest BCUT2D eigenvalue weighted by molar-refractivity contribution is -0.141. The second-order valence-electron chi connectivity index (χ2n) is 5.47. The fourth-order valence-corrected chi connectivity index (χ4v) is 1.10. The topological polar surface area (TPSA) is 86.6 Å². The van der Waals surface area contributed by atoms with E-state index in [1.165, 1.54) is 0 Å². The number of carboxylic acids is 1. The molecule has 3 N–H and O–H groups in total. The summed E-state index contributed by atoms with van der Waals surface area (Å²) in [6, 6.07) is 0. The molecule has 1 unspecified atom stereocenters. The average molecular weight is 231 g/mol. The highest BCUT2D eigenvalue weighted by molar-refractivity contribution is 5.81. The second kappa shape index (κ2) is 5.30. The number of aliphatic hydroxyl groups excluding tert-OH is 1. The quantitative estimate of drug-likeness (QED) is 0.647. The lowest BCUT2D eigenvalue weighted by Gasteiger charge is -2.27. The predicted molar refractivity (Wildman–Crippen MR) is 59.9 cm³/mol. The van der Waals surface area contributed by atoms with Gasteiger partial charge < -0.3 is 15.5 Å². The summed E-state index contributed by atoms with van der Waals surface area (Å²) in [4.78, 5) is 22.2.